The van der Waals surface area contributed by atoms with Crippen LogP contribution in [0.25, 0.3) is 0 Å². The van der Waals surface area contributed by atoms with Crippen LogP contribution in [0, 0.1) is 17.8 Å². The first kappa shape index (κ1) is 32.7. The fourth-order valence-corrected chi connectivity index (χ4v) is 5.42. The molecule has 42 heavy (non-hydrogen) atoms. The summed E-state index contributed by atoms with van der Waals surface area (Å²) in [7, 11) is 0. The van der Waals surface area contributed by atoms with Crippen LogP contribution in [0.3, 0.4) is 0 Å². The Kier molecular flexibility index (Phi) is 13.9. The molecule has 7 nitrogen and oxygen atoms in total. The minimum Gasteiger partial charge on any atom is -0.481 e. The quantitative estimate of drug-likeness (QED) is 0.150. The van der Waals surface area contributed by atoms with Crippen LogP contribution in [0.5, 0.6) is 5.75 Å². The summed E-state index contributed by atoms with van der Waals surface area (Å²) in [5.74, 6) is 4.73. The Hall–Kier alpha value is -3.79. The molecule has 7 heteroatoms. The van der Waals surface area contributed by atoms with Gasteiger partial charge < -0.3 is 19.8 Å². The Morgan fingerprint density at radius 2 is 1.57 bits per heavy atom. The number of nitrogens with zero attached hydrogens (tertiary/aromatic N) is 1. The monoisotopic (exact) mass is 575 g/mol. The summed E-state index contributed by atoms with van der Waals surface area (Å²) >= 11 is 0. The fraction of sp³-hybridized carbons (Fsp3) is 0.514. The zero-order valence-electron chi connectivity index (χ0n) is 24.9. The van der Waals surface area contributed by atoms with E-state index in [-0.39, 0.29) is 23.8 Å². The van der Waals surface area contributed by atoms with Gasteiger partial charge in [0.05, 0.1) is 0 Å². The lowest BCUT2D eigenvalue weighted by Crippen LogP contribution is -2.30. The summed E-state index contributed by atoms with van der Waals surface area (Å²) in [6.45, 7) is 2.23. The Balaban J connectivity index is 1.67. The topological polar surface area (TPSA) is 104 Å². The van der Waals surface area contributed by atoms with E-state index in [1.165, 1.54) is 69.9 Å². The Morgan fingerprint density at radius 3 is 2.26 bits per heavy atom. The number of hydrogen-bond acceptors (Lipinski definition) is 4. The first-order valence-electron chi connectivity index (χ1n) is 15.4. The van der Waals surface area contributed by atoms with Crippen LogP contribution >= 0.6 is 0 Å². The van der Waals surface area contributed by atoms with Crippen LogP contribution < -0.4 is 4.74 Å². The van der Waals surface area contributed by atoms with Crippen molar-refractivity contribution in [1.29, 1.82) is 0 Å². The van der Waals surface area contributed by atoms with Gasteiger partial charge in [0.25, 0.3) is 0 Å². The molecule has 1 amide bonds. The van der Waals surface area contributed by atoms with E-state index in [0.717, 1.165) is 30.4 Å². The van der Waals surface area contributed by atoms with E-state index in [4.69, 9.17) is 9.84 Å². The third-order valence-electron chi connectivity index (χ3n) is 7.81. The van der Waals surface area contributed by atoms with Crippen molar-refractivity contribution in [2.45, 2.75) is 103 Å². The predicted molar refractivity (Wildman–Crippen MR) is 163 cm³/mol. The molecule has 0 atom stereocenters. The maximum Gasteiger partial charge on any atom is 0.341 e. The van der Waals surface area contributed by atoms with Crippen LogP contribution in [-0.2, 0) is 22.7 Å². The van der Waals surface area contributed by atoms with Gasteiger partial charge in [-0.1, -0.05) is 94.8 Å². The maximum absolute atomic E-state index is 13.4. The van der Waals surface area contributed by atoms with E-state index < -0.39 is 18.5 Å². The molecule has 226 valence electrons. The van der Waals surface area contributed by atoms with E-state index in [1.807, 2.05) is 24.3 Å². The van der Waals surface area contributed by atoms with Gasteiger partial charge in [-0.15, -0.1) is 0 Å². The lowest BCUT2D eigenvalue weighted by molar-refractivity contribution is -0.139. The number of carbonyl (C=O) groups excluding carboxylic acids is 1. The molecule has 0 radical (unpaired) electrons. The highest BCUT2D eigenvalue weighted by Crippen LogP contribution is 2.29. The number of unbranched alkanes of at least 4 members (excludes halogenated alkanes) is 6. The largest absolute Gasteiger partial charge is 0.481 e. The third-order valence-corrected chi connectivity index (χ3v) is 7.81. The summed E-state index contributed by atoms with van der Waals surface area (Å²) in [5, 5.41) is 18.6. The lowest BCUT2D eigenvalue weighted by Gasteiger charge is -2.24. The average molecular weight is 576 g/mol. The smallest absolute Gasteiger partial charge is 0.341 e. The summed E-state index contributed by atoms with van der Waals surface area (Å²) in [6, 6.07) is 12.6. The minimum atomic E-state index is -1.22. The molecule has 2 aromatic rings. The first-order chi connectivity index (χ1) is 20.4. The molecule has 0 aromatic heterocycles. The molecule has 1 aliphatic carbocycles. The van der Waals surface area contributed by atoms with Crippen molar-refractivity contribution in [3.05, 3.63) is 64.7 Å². The molecular weight excluding hydrogens is 530 g/mol. The van der Waals surface area contributed by atoms with Gasteiger partial charge in [0.1, 0.15) is 11.3 Å². The van der Waals surface area contributed by atoms with Crippen molar-refractivity contribution in [3.63, 3.8) is 0 Å². The highest BCUT2D eigenvalue weighted by Gasteiger charge is 2.21. The van der Waals surface area contributed by atoms with Crippen LogP contribution in [0.1, 0.15) is 117 Å². The molecule has 2 aromatic carbocycles. The summed E-state index contributed by atoms with van der Waals surface area (Å²) < 4.78 is 5.16. The molecule has 0 aliphatic heterocycles. The van der Waals surface area contributed by atoms with Gasteiger partial charge in [0.2, 0.25) is 5.91 Å². The van der Waals surface area contributed by atoms with Crippen molar-refractivity contribution in [1.82, 2.24) is 4.90 Å². The van der Waals surface area contributed by atoms with E-state index in [1.54, 1.807) is 11.0 Å². The van der Waals surface area contributed by atoms with E-state index in [9.17, 15) is 19.5 Å². The van der Waals surface area contributed by atoms with Gasteiger partial charge in [0, 0.05) is 31.5 Å². The third kappa shape index (κ3) is 11.6. The summed E-state index contributed by atoms with van der Waals surface area (Å²) in [6.07, 6.45) is 14.5. The fourth-order valence-electron chi connectivity index (χ4n) is 5.42. The van der Waals surface area contributed by atoms with Crippen molar-refractivity contribution >= 4 is 17.8 Å². The second kappa shape index (κ2) is 17.9. The molecule has 3 rings (SSSR count). The number of hydrogen-bond donors (Lipinski definition) is 2. The molecule has 0 saturated heterocycles. The minimum absolute atomic E-state index is 0.0130. The Morgan fingerprint density at radius 1 is 0.905 bits per heavy atom. The number of carboxylic acids is 2. The summed E-state index contributed by atoms with van der Waals surface area (Å²) in [5.41, 5.74) is 2.44. The molecule has 0 unspecified atom stereocenters. The van der Waals surface area contributed by atoms with E-state index in [2.05, 4.69) is 18.8 Å². The second-order valence-corrected chi connectivity index (χ2v) is 11.3. The van der Waals surface area contributed by atoms with Gasteiger partial charge in [-0.05, 0) is 54.2 Å². The average Bonchev–Trinajstić information content (AvgIpc) is 3.50. The number of aromatic carboxylic acids is 1. The summed E-state index contributed by atoms with van der Waals surface area (Å²) in [4.78, 5) is 37.9. The van der Waals surface area contributed by atoms with Crippen molar-refractivity contribution in [2.24, 2.45) is 5.92 Å². The molecule has 0 bridgehead atoms. The van der Waals surface area contributed by atoms with Crippen molar-refractivity contribution in [3.8, 4) is 17.6 Å². The van der Waals surface area contributed by atoms with Crippen LogP contribution in [0.2, 0.25) is 0 Å². The van der Waals surface area contributed by atoms with Gasteiger partial charge >= 0.3 is 11.9 Å². The molecule has 1 fully saturated rings. The maximum atomic E-state index is 13.4. The number of benzene rings is 2. The van der Waals surface area contributed by atoms with Crippen LogP contribution in [0.15, 0.2) is 42.5 Å². The van der Waals surface area contributed by atoms with Crippen LogP contribution in [-0.4, -0.2) is 39.6 Å². The van der Waals surface area contributed by atoms with Gasteiger partial charge in [0.15, 0.2) is 6.61 Å². The molecule has 2 N–H and O–H groups in total. The van der Waals surface area contributed by atoms with E-state index >= 15 is 0 Å². The van der Waals surface area contributed by atoms with Crippen LogP contribution in [0.4, 0.5) is 0 Å². The van der Waals surface area contributed by atoms with Gasteiger partial charge in [-0.25, -0.2) is 9.59 Å². The lowest BCUT2D eigenvalue weighted by atomic mass is 10.0. The van der Waals surface area contributed by atoms with Crippen molar-refractivity contribution in [2.75, 3.05) is 6.61 Å². The molecule has 1 aliphatic rings. The second-order valence-electron chi connectivity index (χ2n) is 11.3. The zero-order valence-corrected chi connectivity index (χ0v) is 24.9. The Labute approximate surface area is 250 Å². The number of aliphatic carboxylic acids is 1. The highest BCUT2D eigenvalue weighted by atomic mass is 16.5. The normalized spacial score (nSPS) is 12.9. The van der Waals surface area contributed by atoms with Crippen molar-refractivity contribution < 1.29 is 29.3 Å². The number of ether oxygens (including phenoxy) is 1. The van der Waals surface area contributed by atoms with E-state index in [0.29, 0.717) is 24.4 Å². The predicted octanol–water partition coefficient (Wildman–Crippen LogP) is 7.45. The highest BCUT2D eigenvalue weighted by molar-refractivity contribution is 5.91. The molecular formula is C35H45NO6. The number of carboxylic acid groups (broad SMARTS) is 2. The number of amides is 1. The number of rotatable bonds is 17. The first-order valence-corrected chi connectivity index (χ1v) is 15.4. The molecule has 0 spiro atoms. The Bertz CT molecular complexity index is 1220. The number of carbonyl (C=O) groups is 3. The molecule has 1 saturated carbocycles. The van der Waals surface area contributed by atoms with Gasteiger partial charge in [-0.2, -0.15) is 0 Å². The SMILES string of the molecule is CCCCCCCCC#Cc1ccc(CN(Cc2ccc(OCC(=O)O)c(C(=O)O)c2)C(=O)CCC2CCCC2)cc1. The van der Waals surface area contributed by atoms with Gasteiger partial charge in [-0.3, -0.25) is 4.79 Å². The zero-order chi connectivity index (χ0) is 30.2. The standard InChI is InChI=1S/C35H45NO6/c1-2-3-4-5-6-7-8-9-12-28-15-17-29(18-16-28)24-36(33(37)22-20-27-13-10-11-14-27)25-30-19-21-32(42-26-34(38)39)31(23-30)35(40)41/h15-19,21,23,27H,2-8,10-11,13-14,20,22,24-26H2,1H3,(H,38,39)(H,40,41). The molecule has 0 heterocycles.